The molecule has 2 heterocycles. The van der Waals surface area contributed by atoms with Gasteiger partial charge in [0.15, 0.2) is 0 Å². The Morgan fingerprint density at radius 1 is 1.29 bits per heavy atom. The number of allylic oxidation sites excluding steroid dienone is 1. The average molecular weight is 403 g/mol. The van der Waals surface area contributed by atoms with Crippen LogP contribution in [0.15, 0.2) is 46.7 Å². The molecular formula is C21H24ClFN4O. The van der Waals surface area contributed by atoms with E-state index in [4.69, 9.17) is 11.6 Å². The Kier molecular flexibility index (Phi) is 6.31. The SMILES string of the molecule is C=C(Cl)Cn1c(=O)c(CNCCCn2nc(C)cc2C)cc2ccc(F)cc21. The molecule has 0 bridgehead atoms. The third-order valence-corrected chi connectivity index (χ3v) is 4.72. The normalized spacial score (nSPS) is 11.3. The maximum Gasteiger partial charge on any atom is 0.255 e. The number of benzene rings is 1. The molecule has 2 aromatic heterocycles. The molecule has 28 heavy (non-hydrogen) atoms. The largest absolute Gasteiger partial charge is 0.312 e. The van der Waals surface area contributed by atoms with E-state index in [1.165, 1.54) is 16.7 Å². The summed E-state index contributed by atoms with van der Waals surface area (Å²) in [6.07, 6.45) is 0.896. The Labute approximate surface area is 168 Å². The first-order valence-electron chi connectivity index (χ1n) is 9.22. The molecule has 0 radical (unpaired) electrons. The van der Waals surface area contributed by atoms with Crippen molar-refractivity contribution in [3.8, 4) is 0 Å². The monoisotopic (exact) mass is 402 g/mol. The van der Waals surface area contributed by atoms with E-state index in [0.717, 1.165) is 36.3 Å². The highest BCUT2D eigenvalue weighted by molar-refractivity contribution is 6.29. The van der Waals surface area contributed by atoms with Gasteiger partial charge in [-0.1, -0.05) is 18.2 Å². The first-order chi connectivity index (χ1) is 13.3. The number of rotatable bonds is 8. The molecule has 7 heteroatoms. The van der Waals surface area contributed by atoms with E-state index < -0.39 is 5.82 Å². The number of nitrogens with zero attached hydrogens (tertiary/aromatic N) is 3. The quantitative estimate of drug-likeness (QED) is 0.581. The van der Waals surface area contributed by atoms with Gasteiger partial charge in [0.1, 0.15) is 5.82 Å². The second-order valence-electron chi connectivity index (χ2n) is 6.96. The summed E-state index contributed by atoms with van der Waals surface area (Å²) in [5.74, 6) is -0.393. The van der Waals surface area contributed by atoms with Gasteiger partial charge in [0.05, 0.1) is 17.8 Å². The highest BCUT2D eigenvalue weighted by atomic mass is 35.5. The molecule has 0 fully saturated rings. The van der Waals surface area contributed by atoms with Gasteiger partial charge < -0.3 is 9.88 Å². The summed E-state index contributed by atoms with van der Waals surface area (Å²) < 4.78 is 17.1. The first-order valence-corrected chi connectivity index (χ1v) is 9.60. The average Bonchev–Trinajstić information content (AvgIpc) is 2.95. The number of aromatic nitrogens is 3. The van der Waals surface area contributed by atoms with Crippen LogP contribution in [0.4, 0.5) is 4.39 Å². The summed E-state index contributed by atoms with van der Waals surface area (Å²) in [6.45, 7) is 9.83. The van der Waals surface area contributed by atoms with Crippen molar-refractivity contribution >= 4 is 22.5 Å². The van der Waals surface area contributed by atoms with Gasteiger partial charge in [-0.15, -0.1) is 0 Å². The van der Waals surface area contributed by atoms with E-state index in [1.54, 1.807) is 12.1 Å². The topological polar surface area (TPSA) is 51.9 Å². The molecule has 0 saturated heterocycles. The van der Waals surface area contributed by atoms with Crippen LogP contribution in [0.2, 0.25) is 0 Å². The maximum absolute atomic E-state index is 13.7. The maximum atomic E-state index is 13.7. The predicted octanol–water partition coefficient (Wildman–Crippen LogP) is 3.89. The molecule has 3 rings (SSSR count). The molecule has 1 aromatic carbocycles. The highest BCUT2D eigenvalue weighted by Crippen LogP contribution is 2.17. The molecule has 5 nitrogen and oxygen atoms in total. The van der Waals surface area contributed by atoms with Crippen LogP contribution in [-0.2, 0) is 19.6 Å². The lowest BCUT2D eigenvalue weighted by Crippen LogP contribution is -2.28. The second-order valence-corrected chi connectivity index (χ2v) is 7.50. The lowest BCUT2D eigenvalue weighted by atomic mass is 10.1. The summed E-state index contributed by atoms with van der Waals surface area (Å²) in [6, 6.07) is 8.27. The van der Waals surface area contributed by atoms with Crippen molar-refractivity contribution in [1.82, 2.24) is 19.7 Å². The summed E-state index contributed by atoms with van der Waals surface area (Å²) >= 11 is 5.92. The minimum atomic E-state index is -0.393. The van der Waals surface area contributed by atoms with E-state index >= 15 is 0 Å². The van der Waals surface area contributed by atoms with Gasteiger partial charge in [-0.2, -0.15) is 5.10 Å². The van der Waals surface area contributed by atoms with Crippen LogP contribution in [0.5, 0.6) is 0 Å². The fourth-order valence-corrected chi connectivity index (χ4v) is 3.46. The molecule has 0 aliphatic heterocycles. The van der Waals surface area contributed by atoms with Crippen molar-refractivity contribution in [3.63, 3.8) is 0 Å². The van der Waals surface area contributed by atoms with Crippen LogP contribution in [0.25, 0.3) is 10.9 Å². The fourth-order valence-electron chi connectivity index (χ4n) is 3.34. The number of aryl methyl sites for hydroxylation is 3. The van der Waals surface area contributed by atoms with E-state index in [9.17, 15) is 9.18 Å². The molecule has 3 aromatic rings. The summed E-state index contributed by atoms with van der Waals surface area (Å²) in [5, 5.41) is 8.87. The molecule has 0 atom stereocenters. The molecule has 148 valence electrons. The number of hydrogen-bond acceptors (Lipinski definition) is 3. The molecule has 0 unspecified atom stereocenters. The number of fused-ring (bicyclic) bond motifs is 1. The van der Waals surface area contributed by atoms with Crippen molar-refractivity contribution in [1.29, 1.82) is 0 Å². The Morgan fingerprint density at radius 3 is 2.75 bits per heavy atom. The Bertz CT molecular complexity index is 1070. The fraction of sp³-hybridized carbons (Fsp3) is 0.333. The van der Waals surface area contributed by atoms with Gasteiger partial charge >= 0.3 is 0 Å². The van der Waals surface area contributed by atoms with Gasteiger partial charge in [0.2, 0.25) is 0 Å². The van der Waals surface area contributed by atoms with E-state index in [-0.39, 0.29) is 12.1 Å². The van der Waals surface area contributed by atoms with Crippen molar-refractivity contribution in [2.45, 2.75) is 39.9 Å². The second kappa shape index (κ2) is 8.71. The minimum Gasteiger partial charge on any atom is -0.312 e. The van der Waals surface area contributed by atoms with Gasteiger partial charge in [-0.3, -0.25) is 9.48 Å². The van der Waals surface area contributed by atoms with E-state index in [1.807, 2.05) is 18.5 Å². The van der Waals surface area contributed by atoms with Crippen LogP contribution >= 0.6 is 11.6 Å². The highest BCUT2D eigenvalue weighted by Gasteiger charge is 2.11. The van der Waals surface area contributed by atoms with Crippen molar-refractivity contribution in [2.24, 2.45) is 0 Å². The van der Waals surface area contributed by atoms with Crippen LogP contribution in [-0.4, -0.2) is 20.9 Å². The molecule has 0 aliphatic carbocycles. The number of halogens is 2. The Hall–Kier alpha value is -2.44. The molecule has 0 saturated carbocycles. The third kappa shape index (κ3) is 4.69. The first kappa shape index (κ1) is 20.3. The minimum absolute atomic E-state index is 0.145. The molecular weight excluding hydrogens is 379 g/mol. The molecule has 0 spiro atoms. The predicted molar refractivity (Wildman–Crippen MR) is 111 cm³/mol. The van der Waals surface area contributed by atoms with Crippen LogP contribution in [0.3, 0.4) is 0 Å². The number of hydrogen-bond donors (Lipinski definition) is 1. The van der Waals surface area contributed by atoms with Crippen LogP contribution in [0.1, 0.15) is 23.4 Å². The standard InChI is InChI=1S/C21H24ClFN4O/c1-14(22)13-26-20-11-19(23)6-5-17(20)10-18(21(26)28)12-24-7-4-8-27-16(3)9-15(2)25-27/h5-6,9-11,24H,1,4,7-8,12-13H2,2-3H3. The van der Waals surface area contributed by atoms with Gasteiger partial charge in [-0.05, 0) is 62.5 Å². The summed E-state index contributed by atoms with van der Waals surface area (Å²) in [5.41, 5.74) is 3.09. The van der Waals surface area contributed by atoms with Crippen molar-refractivity contribution < 1.29 is 4.39 Å². The van der Waals surface area contributed by atoms with E-state index in [2.05, 4.69) is 23.1 Å². The molecule has 0 amide bonds. The zero-order valence-corrected chi connectivity index (χ0v) is 16.9. The lowest BCUT2D eigenvalue weighted by Gasteiger charge is -2.13. The van der Waals surface area contributed by atoms with E-state index in [0.29, 0.717) is 22.7 Å². The number of pyridine rings is 1. The van der Waals surface area contributed by atoms with Crippen LogP contribution < -0.4 is 10.9 Å². The summed E-state index contributed by atoms with van der Waals surface area (Å²) in [4.78, 5) is 12.8. The van der Waals surface area contributed by atoms with Gasteiger partial charge in [-0.25, -0.2) is 4.39 Å². The van der Waals surface area contributed by atoms with Crippen molar-refractivity contribution in [2.75, 3.05) is 6.54 Å². The van der Waals surface area contributed by atoms with Crippen molar-refractivity contribution in [3.05, 3.63) is 75.1 Å². The zero-order valence-electron chi connectivity index (χ0n) is 16.1. The molecule has 0 aliphatic rings. The van der Waals surface area contributed by atoms with Crippen LogP contribution in [0, 0.1) is 19.7 Å². The smallest absolute Gasteiger partial charge is 0.255 e. The summed E-state index contributed by atoms with van der Waals surface area (Å²) in [7, 11) is 0. The Morgan fingerprint density at radius 2 is 2.07 bits per heavy atom. The molecule has 1 N–H and O–H groups in total. The van der Waals surface area contributed by atoms with Gasteiger partial charge in [0.25, 0.3) is 5.56 Å². The lowest BCUT2D eigenvalue weighted by molar-refractivity contribution is 0.531. The zero-order chi connectivity index (χ0) is 20.3. The number of nitrogens with one attached hydrogen (secondary N) is 1. The Balaban J connectivity index is 1.71. The third-order valence-electron chi connectivity index (χ3n) is 4.60. The van der Waals surface area contributed by atoms with Gasteiger partial charge in [0, 0.05) is 29.4 Å².